The topological polar surface area (TPSA) is 28.2 Å². The lowest BCUT2D eigenvalue weighted by Crippen LogP contribution is -2.40. The van der Waals surface area contributed by atoms with Crippen molar-refractivity contribution in [1.82, 2.24) is 9.88 Å². The fourth-order valence-electron chi connectivity index (χ4n) is 2.13. The van der Waals surface area contributed by atoms with E-state index < -0.39 is 0 Å². The Balaban J connectivity index is 1.86. The van der Waals surface area contributed by atoms with Crippen molar-refractivity contribution in [2.75, 3.05) is 25.5 Å². The number of hydrogen-bond donors (Lipinski definition) is 1. The number of likely N-dealkylation sites (N-methyl/N-ethyl adjacent to an activating group) is 1. The molecule has 1 aromatic rings. The minimum Gasteiger partial charge on any atom is -0.368 e. The summed E-state index contributed by atoms with van der Waals surface area (Å²) in [5.74, 6) is 0.952. The molecule has 1 aliphatic rings. The summed E-state index contributed by atoms with van der Waals surface area (Å²) in [6.07, 6.45) is 3.97. The van der Waals surface area contributed by atoms with Crippen molar-refractivity contribution in [3.63, 3.8) is 0 Å². The van der Waals surface area contributed by atoms with E-state index in [1.165, 1.54) is 25.8 Å². The van der Waals surface area contributed by atoms with Crippen molar-refractivity contribution < 1.29 is 0 Å². The van der Waals surface area contributed by atoms with Gasteiger partial charge in [0.15, 0.2) is 0 Å². The van der Waals surface area contributed by atoms with E-state index in [0.29, 0.717) is 6.04 Å². The summed E-state index contributed by atoms with van der Waals surface area (Å²) < 4.78 is 0.884. The van der Waals surface area contributed by atoms with Gasteiger partial charge in [-0.05, 0) is 54.5 Å². The molecule has 0 bridgehead atoms. The lowest BCUT2D eigenvalue weighted by Gasteiger charge is -2.32. The molecule has 1 saturated heterocycles. The third-order valence-electron chi connectivity index (χ3n) is 3.16. The fourth-order valence-corrected chi connectivity index (χ4v) is 2.47. The summed E-state index contributed by atoms with van der Waals surface area (Å²) in [7, 11) is 2.21. The highest BCUT2D eigenvalue weighted by atomic mass is 79.9. The van der Waals surface area contributed by atoms with Gasteiger partial charge in [-0.3, -0.25) is 0 Å². The predicted molar refractivity (Wildman–Crippen MR) is 70.7 cm³/mol. The van der Waals surface area contributed by atoms with Crippen LogP contribution < -0.4 is 5.32 Å². The Labute approximate surface area is 105 Å². The molecule has 0 amide bonds. The maximum Gasteiger partial charge on any atom is 0.127 e. The summed E-state index contributed by atoms with van der Waals surface area (Å²) >= 11 is 3.38. The maximum atomic E-state index is 4.37. The highest BCUT2D eigenvalue weighted by molar-refractivity contribution is 9.10. The van der Waals surface area contributed by atoms with Gasteiger partial charge in [-0.25, -0.2) is 4.98 Å². The number of aromatic nitrogens is 1. The molecule has 0 aromatic carbocycles. The largest absolute Gasteiger partial charge is 0.368 e. The summed E-state index contributed by atoms with van der Waals surface area (Å²) in [6.45, 7) is 2.21. The lowest BCUT2D eigenvalue weighted by molar-refractivity contribution is 0.194. The van der Waals surface area contributed by atoms with Crippen LogP contribution >= 0.6 is 15.9 Å². The van der Waals surface area contributed by atoms with Crippen LogP contribution in [0.2, 0.25) is 0 Å². The Morgan fingerprint density at radius 3 is 3.12 bits per heavy atom. The van der Waals surface area contributed by atoms with Crippen LogP contribution in [0, 0.1) is 0 Å². The van der Waals surface area contributed by atoms with Crippen LogP contribution in [0.1, 0.15) is 19.3 Å². The molecule has 0 saturated carbocycles. The first-order chi connectivity index (χ1) is 7.75. The standard InChI is InChI=1S/C12H18BrN3/c1-16-8-3-2-5-10(16)9-14-12-7-4-6-11(13)15-12/h4,6-7,10H,2-3,5,8-9H2,1H3,(H,14,15). The SMILES string of the molecule is CN1CCCCC1CNc1cccc(Br)n1. The van der Waals surface area contributed by atoms with Crippen LogP contribution in [-0.2, 0) is 0 Å². The summed E-state index contributed by atoms with van der Waals surface area (Å²) in [5.41, 5.74) is 0. The van der Waals surface area contributed by atoms with Crippen molar-refractivity contribution in [3.05, 3.63) is 22.8 Å². The number of likely N-dealkylation sites (tertiary alicyclic amines) is 1. The lowest BCUT2D eigenvalue weighted by atomic mass is 10.0. The minimum absolute atomic E-state index is 0.648. The molecule has 0 spiro atoms. The molecule has 2 heterocycles. The minimum atomic E-state index is 0.648. The zero-order valence-corrected chi connectivity index (χ0v) is 11.2. The molecule has 4 heteroatoms. The fraction of sp³-hybridized carbons (Fsp3) is 0.583. The Morgan fingerprint density at radius 1 is 1.50 bits per heavy atom. The van der Waals surface area contributed by atoms with Crippen molar-refractivity contribution in [3.8, 4) is 0 Å². The monoisotopic (exact) mass is 283 g/mol. The first-order valence-electron chi connectivity index (χ1n) is 5.82. The molecule has 1 unspecified atom stereocenters. The number of rotatable bonds is 3. The van der Waals surface area contributed by atoms with Gasteiger partial charge in [0.25, 0.3) is 0 Å². The second-order valence-corrected chi connectivity index (χ2v) is 5.17. The number of hydrogen-bond acceptors (Lipinski definition) is 3. The van der Waals surface area contributed by atoms with Gasteiger partial charge in [-0.15, -0.1) is 0 Å². The maximum absolute atomic E-state index is 4.37. The van der Waals surface area contributed by atoms with E-state index in [1.807, 2.05) is 18.2 Å². The Kier molecular flexibility index (Phi) is 4.18. The molecule has 0 aliphatic carbocycles. The molecule has 0 radical (unpaired) electrons. The van der Waals surface area contributed by atoms with Gasteiger partial charge in [0.05, 0.1) is 0 Å². The summed E-state index contributed by atoms with van der Waals surface area (Å²) in [5, 5.41) is 3.40. The quantitative estimate of drug-likeness (QED) is 0.865. The average molecular weight is 284 g/mol. The van der Waals surface area contributed by atoms with Crippen LogP contribution in [0.25, 0.3) is 0 Å². The van der Waals surface area contributed by atoms with Gasteiger partial charge >= 0.3 is 0 Å². The number of piperidine rings is 1. The molecule has 88 valence electrons. The van der Waals surface area contributed by atoms with Crippen LogP contribution in [0.5, 0.6) is 0 Å². The van der Waals surface area contributed by atoms with Crippen LogP contribution in [0.3, 0.4) is 0 Å². The summed E-state index contributed by atoms with van der Waals surface area (Å²) in [4.78, 5) is 6.81. The molecular weight excluding hydrogens is 266 g/mol. The molecule has 1 N–H and O–H groups in total. The first-order valence-corrected chi connectivity index (χ1v) is 6.61. The van der Waals surface area contributed by atoms with E-state index in [9.17, 15) is 0 Å². The third-order valence-corrected chi connectivity index (χ3v) is 3.60. The Hall–Kier alpha value is -0.610. The zero-order chi connectivity index (χ0) is 11.4. The smallest absolute Gasteiger partial charge is 0.127 e. The van der Waals surface area contributed by atoms with Gasteiger partial charge in [-0.2, -0.15) is 0 Å². The number of nitrogens with one attached hydrogen (secondary N) is 1. The molecule has 1 aliphatic heterocycles. The molecule has 3 nitrogen and oxygen atoms in total. The molecule has 16 heavy (non-hydrogen) atoms. The van der Waals surface area contributed by atoms with Gasteiger partial charge in [0.1, 0.15) is 10.4 Å². The Morgan fingerprint density at radius 2 is 2.38 bits per heavy atom. The zero-order valence-electron chi connectivity index (χ0n) is 9.62. The van der Waals surface area contributed by atoms with Gasteiger partial charge in [0.2, 0.25) is 0 Å². The van der Waals surface area contributed by atoms with Crippen LogP contribution in [0.4, 0.5) is 5.82 Å². The van der Waals surface area contributed by atoms with Crippen molar-refractivity contribution >= 4 is 21.7 Å². The van der Waals surface area contributed by atoms with E-state index in [1.54, 1.807) is 0 Å². The van der Waals surface area contributed by atoms with Crippen molar-refractivity contribution in [1.29, 1.82) is 0 Å². The normalized spacial score (nSPS) is 22.0. The number of anilines is 1. The number of nitrogens with zero attached hydrogens (tertiary/aromatic N) is 2. The van der Waals surface area contributed by atoms with E-state index in [4.69, 9.17) is 0 Å². The predicted octanol–water partition coefficient (Wildman–Crippen LogP) is 2.74. The molecular formula is C12H18BrN3. The van der Waals surface area contributed by atoms with E-state index in [2.05, 4.69) is 38.2 Å². The second-order valence-electron chi connectivity index (χ2n) is 4.36. The number of pyridine rings is 1. The molecule has 2 rings (SSSR count). The van der Waals surface area contributed by atoms with Crippen LogP contribution in [-0.4, -0.2) is 36.1 Å². The van der Waals surface area contributed by atoms with E-state index >= 15 is 0 Å². The van der Waals surface area contributed by atoms with Gasteiger partial charge < -0.3 is 10.2 Å². The molecule has 1 aromatic heterocycles. The van der Waals surface area contributed by atoms with Gasteiger partial charge in [0, 0.05) is 12.6 Å². The Bertz CT molecular complexity index is 343. The highest BCUT2D eigenvalue weighted by Crippen LogP contribution is 2.16. The highest BCUT2D eigenvalue weighted by Gasteiger charge is 2.18. The second kappa shape index (κ2) is 5.64. The summed E-state index contributed by atoms with van der Waals surface area (Å²) in [6, 6.07) is 6.60. The molecule has 1 atom stereocenters. The van der Waals surface area contributed by atoms with E-state index in [0.717, 1.165) is 17.0 Å². The average Bonchev–Trinajstić information content (AvgIpc) is 2.28. The molecule has 1 fully saturated rings. The van der Waals surface area contributed by atoms with Gasteiger partial charge in [-0.1, -0.05) is 12.5 Å². The van der Waals surface area contributed by atoms with Crippen molar-refractivity contribution in [2.45, 2.75) is 25.3 Å². The van der Waals surface area contributed by atoms with E-state index in [-0.39, 0.29) is 0 Å². The number of halogens is 1. The van der Waals surface area contributed by atoms with Crippen LogP contribution in [0.15, 0.2) is 22.8 Å². The third kappa shape index (κ3) is 3.19. The van der Waals surface area contributed by atoms with Crippen molar-refractivity contribution in [2.24, 2.45) is 0 Å². The first kappa shape index (κ1) is 11.9.